The second-order valence-electron chi connectivity index (χ2n) is 8.89. The van der Waals surface area contributed by atoms with Crippen LogP contribution in [0.25, 0.3) is 0 Å². The summed E-state index contributed by atoms with van der Waals surface area (Å²) in [6, 6.07) is 0.318. The Morgan fingerprint density at radius 1 is 1.04 bits per heavy atom. The summed E-state index contributed by atoms with van der Waals surface area (Å²) in [6.45, 7) is 10.5. The van der Waals surface area contributed by atoms with E-state index in [-0.39, 0.29) is 11.1 Å². The fourth-order valence-electron chi connectivity index (χ4n) is 4.15. The van der Waals surface area contributed by atoms with Crippen LogP contribution in [0.3, 0.4) is 0 Å². The quantitative estimate of drug-likeness (QED) is 0.833. The summed E-state index contributed by atoms with van der Waals surface area (Å²) in [4.78, 5) is 4.41. The molecule has 2 N–H and O–H groups in total. The average Bonchev–Trinajstić information content (AvgIpc) is 2.76. The van der Waals surface area contributed by atoms with E-state index in [9.17, 15) is 0 Å². The topological polar surface area (TPSA) is 56.8 Å². The summed E-state index contributed by atoms with van der Waals surface area (Å²) in [5, 5.41) is 0. The lowest BCUT2D eigenvalue weighted by Crippen LogP contribution is -2.37. The molecular weight excluding hydrogens is 288 g/mol. The maximum absolute atomic E-state index is 6.43. The minimum atomic E-state index is -0.216. The number of nitrogens with two attached hydrogens (primary N) is 1. The van der Waals surface area contributed by atoms with E-state index in [1.165, 1.54) is 38.5 Å². The van der Waals surface area contributed by atoms with Crippen molar-refractivity contribution in [1.82, 2.24) is 0 Å². The molecule has 0 spiro atoms. The molecule has 0 bridgehead atoms. The number of ether oxygens (including phenoxy) is 2. The Labute approximate surface area is 142 Å². The van der Waals surface area contributed by atoms with E-state index in [0.717, 1.165) is 25.9 Å². The van der Waals surface area contributed by atoms with E-state index in [1.54, 1.807) is 0 Å². The summed E-state index contributed by atoms with van der Waals surface area (Å²) in [7, 11) is 0. The van der Waals surface area contributed by atoms with Crippen molar-refractivity contribution in [2.24, 2.45) is 16.1 Å². The molecule has 23 heavy (non-hydrogen) atoms. The average molecular weight is 325 g/mol. The minimum Gasteiger partial charge on any atom is -0.463 e. The number of nitrogens with zero attached hydrogens (tertiary/aromatic N) is 1. The third-order valence-electron chi connectivity index (χ3n) is 5.41. The van der Waals surface area contributed by atoms with E-state index < -0.39 is 0 Å². The van der Waals surface area contributed by atoms with Gasteiger partial charge in [-0.15, -0.1) is 0 Å². The third kappa shape index (κ3) is 5.98. The van der Waals surface area contributed by atoms with Crippen LogP contribution in [0.5, 0.6) is 0 Å². The zero-order chi connectivity index (χ0) is 17.0. The zero-order valence-corrected chi connectivity index (χ0v) is 15.6. The van der Waals surface area contributed by atoms with Crippen LogP contribution in [0.15, 0.2) is 4.99 Å². The number of amidine groups is 1. The molecule has 4 heteroatoms. The van der Waals surface area contributed by atoms with Gasteiger partial charge in [0.2, 0.25) is 0 Å². The molecule has 1 aliphatic heterocycles. The molecule has 1 heterocycles. The van der Waals surface area contributed by atoms with Crippen molar-refractivity contribution in [1.29, 1.82) is 0 Å². The van der Waals surface area contributed by atoms with E-state index in [2.05, 4.69) is 32.7 Å². The fourth-order valence-corrected chi connectivity index (χ4v) is 4.15. The molecule has 0 radical (unpaired) electrons. The van der Waals surface area contributed by atoms with Crippen LogP contribution >= 0.6 is 0 Å². The van der Waals surface area contributed by atoms with Crippen molar-refractivity contribution in [3.05, 3.63) is 0 Å². The van der Waals surface area contributed by atoms with Gasteiger partial charge in [0.25, 0.3) is 6.02 Å². The maximum Gasteiger partial charge on any atom is 0.282 e. The first-order valence-corrected chi connectivity index (χ1v) is 9.34. The summed E-state index contributed by atoms with van der Waals surface area (Å²) in [6.07, 6.45) is 11.2. The summed E-state index contributed by atoms with van der Waals surface area (Å²) in [5.74, 6) is 0. The fraction of sp³-hybridized carbons (Fsp3) is 0.947. The molecule has 4 nitrogen and oxygen atoms in total. The molecule has 0 amide bonds. The lowest BCUT2D eigenvalue weighted by atomic mass is 9.74. The molecular formula is C19H36N2O2. The van der Waals surface area contributed by atoms with Gasteiger partial charge in [-0.1, -0.05) is 46.0 Å². The monoisotopic (exact) mass is 324 g/mol. The van der Waals surface area contributed by atoms with Crippen LogP contribution in [0.1, 0.15) is 85.5 Å². The van der Waals surface area contributed by atoms with Crippen LogP contribution in [0, 0.1) is 5.41 Å². The minimum absolute atomic E-state index is 0.0219. The highest BCUT2D eigenvalue weighted by Crippen LogP contribution is 2.39. The highest BCUT2D eigenvalue weighted by molar-refractivity contribution is 5.73. The molecule has 1 aliphatic carbocycles. The lowest BCUT2D eigenvalue weighted by molar-refractivity contribution is -0.0734. The van der Waals surface area contributed by atoms with Gasteiger partial charge >= 0.3 is 0 Å². The second-order valence-corrected chi connectivity index (χ2v) is 8.89. The van der Waals surface area contributed by atoms with Crippen LogP contribution < -0.4 is 5.73 Å². The van der Waals surface area contributed by atoms with Crippen molar-refractivity contribution >= 4 is 6.02 Å². The van der Waals surface area contributed by atoms with Gasteiger partial charge in [0.15, 0.2) is 0 Å². The summed E-state index contributed by atoms with van der Waals surface area (Å²) < 4.78 is 11.7. The molecule has 2 atom stereocenters. The second kappa shape index (κ2) is 7.42. The van der Waals surface area contributed by atoms with Crippen LogP contribution in [0.2, 0.25) is 0 Å². The molecule has 0 aromatic rings. The van der Waals surface area contributed by atoms with Crippen LogP contribution in [-0.2, 0) is 9.47 Å². The molecule has 2 aliphatic rings. The normalized spacial score (nSPS) is 35.4. The SMILES string of the molecule is CC1(C)CCCCCCCC(C)(OCCC2(C)COC(N)=N2)C1. The predicted molar refractivity (Wildman–Crippen MR) is 95.7 cm³/mol. The van der Waals surface area contributed by atoms with Gasteiger partial charge < -0.3 is 15.2 Å². The Morgan fingerprint density at radius 2 is 1.70 bits per heavy atom. The molecule has 134 valence electrons. The van der Waals surface area contributed by atoms with Crippen molar-refractivity contribution in [3.63, 3.8) is 0 Å². The molecule has 2 unspecified atom stereocenters. The Morgan fingerprint density at radius 3 is 2.35 bits per heavy atom. The number of aliphatic imine (C=N–C) groups is 1. The summed E-state index contributed by atoms with van der Waals surface area (Å²) in [5.41, 5.74) is 5.76. The van der Waals surface area contributed by atoms with Crippen LogP contribution in [0.4, 0.5) is 0 Å². The van der Waals surface area contributed by atoms with Crippen molar-refractivity contribution in [3.8, 4) is 0 Å². The van der Waals surface area contributed by atoms with E-state index >= 15 is 0 Å². The van der Waals surface area contributed by atoms with E-state index in [4.69, 9.17) is 15.2 Å². The van der Waals surface area contributed by atoms with Gasteiger partial charge in [-0.2, -0.15) is 0 Å². The first-order valence-electron chi connectivity index (χ1n) is 9.34. The van der Waals surface area contributed by atoms with Crippen molar-refractivity contribution < 1.29 is 9.47 Å². The van der Waals surface area contributed by atoms with Gasteiger partial charge in [-0.25, -0.2) is 4.99 Å². The maximum atomic E-state index is 6.43. The summed E-state index contributed by atoms with van der Waals surface area (Å²) >= 11 is 0. The van der Waals surface area contributed by atoms with Gasteiger partial charge in [0.1, 0.15) is 6.61 Å². The number of rotatable bonds is 4. The Kier molecular flexibility index (Phi) is 5.99. The van der Waals surface area contributed by atoms with Gasteiger partial charge in [0, 0.05) is 6.61 Å². The van der Waals surface area contributed by atoms with Gasteiger partial charge in [0.05, 0.1) is 11.1 Å². The molecule has 0 saturated heterocycles. The van der Waals surface area contributed by atoms with E-state index in [0.29, 0.717) is 18.0 Å². The zero-order valence-electron chi connectivity index (χ0n) is 15.6. The lowest BCUT2D eigenvalue weighted by Gasteiger charge is -2.39. The highest BCUT2D eigenvalue weighted by Gasteiger charge is 2.35. The number of hydrogen-bond donors (Lipinski definition) is 1. The van der Waals surface area contributed by atoms with Crippen molar-refractivity contribution in [2.45, 2.75) is 96.6 Å². The van der Waals surface area contributed by atoms with Crippen LogP contribution in [-0.4, -0.2) is 30.4 Å². The third-order valence-corrected chi connectivity index (χ3v) is 5.41. The largest absolute Gasteiger partial charge is 0.463 e. The van der Waals surface area contributed by atoms with Crippen molar-refractivity contribution in [2.75, 3.05) is 13.2 Å². The first kappa shape index (κ1) is 18.6. The highest BCUT2D eigenvalue weighted by atomic mass is 16.5. The standard InChI is InChI=1S/C19H36N2O2/c1-17(2)10-8-6-5-7-9-11-19(4,14-17)23-13-12-18(3)15-22-16(20)21-18/h5-15H2,1-4H3,(H2,20,21). The predicted octanol–water partition coefficient (Wildman–Crippen LogP) is 4.42. The first-order chi connectivity index (χ1) is 10.7. The Bertz CT molecular complexity index is 422. The molecule has 0 aromatic carbocycles. The molecule has 1 fully saturated rings. The van der Waals surface area contributed by atoms with Gasteiger partial charge in [-0.3, -0.25) is 0 Å². The smallest absolute Gasteiger partial charge is 0.282 e. The molecule has 0 aromatic heterocycles. The Balaban J connectivity index is 1.90. The Hall–Kier alpha value is -0.770. The van der Waals surface area contributed by atoms with E-state index in [1.807, 2.05) is 0 Å². The number of hydrogen-bond acceptors (Lipinski definition) is 4. The molecule has 2 rings (SSSR count). The van der Waals surface area contributed by atoms with Gasteiger partial charge in [-0.05, 0) is 44.9 Å². The molecule has 1 saturated carbocycles.